The minimum Gasteiger partial charge on any atom is -0.327 e. The Hall–Kier alpha value is -0.120. The maximum Gasteiger partial charge on any atom is 0.0108 e. The van der Waals surface area contributed by atoms with Crippen molar-refractivity contribution < 1.29 is 0 Å². The van der Waals surface area contributed by atoms with Crippen LogP contribution in [0.1, 0.15) is 32.6 Å². The van der Waals surface area contributed by atoms with Crippen LogP contribution in [0.5, 0.6) is 0 Å². The first-order valence-corrected chi connectivity index (χ1v) is 6.96. The Balaban J connectivity index is 1.84. The van der Waals surface area contributed by atoms with Gasteiger partial charge in [-0.25, -0.2) is 0 Å². The highest BCUT2D eigenvalue weighted by Crippen LogP contribution is 2.28. The van der Waals surface area contributed by atoms with Crippen molar-refractivity contribution in [2.24, 2.45) is 23.5 Å². The summed E-state index contributed by atoms with van der Waals surface area (Å²) in [5, 5.41) is 6.92. The first-order valence-electron chi connectivity index (χ1n) is 6.96. The smallest absolute Gasteiger partial charge is 0.0108 e. The molecule has 2 fully saturated rings. The van der Waals surface area contributed by atoms with Crippen LogP contribution in [0, 0.1) is 17.8 Å². The van der Waals surface area contributed by atoms with Crippen molar-refractivity contribution in [3.05, 3.63) is 0 Å². The van der Waals surface area contributed by atoms with Gasteiger partial charge in [0.1, 0.15) is 0 Å². The van der Waals surface area contributed by atoms with Gasteiger partial charge < -0.3 is 16.4 Å². The molecule has 0 aromatic carbocycles. The standard InChI is InChI=1S/C13H27N3/c1-10(11-4-7-15-8-5-11)13(14)12-3-2-6-16-9-12/h10-13,15-16H,2-9,14H2,1H3. The number of piperidine rings is 2. The van der Waals surface area contributed by atoms with E-state index in [2.05, 4.69) is 17.6 Å². The zero-order chi connectivity index (χ0) is 11.4. The molecule has 0 aromatic heterocycles. The van der Waals surface area contributed by atoms with Gasteiger partial charge in [0, 0.05) is 6.04 Å². The van der Waals surface area contributed by atoms with Crippen LogP contribution in [-0.4, -0.2) is 32.2 Å². The Morgan fingerprint density at radius 3 is 2.38 bits per heavy atom. The molecule has 0 aromatic rings. The van der Waals surface area contributed by atoms with Gasteiger partial charge in [0.05, 0.1) is 0 Å². The van der Waals surface area contributed by atoms with Crippen LogP contribution in [0.2, 0.25) is 0 Å². The first-order chi connectivity index (χ1) is 7.79. The minimum atomic E-state index is 0.399. The average molecular weight is 225 g/mol. The summed E-state index contributed by atoms with van der Waals surface area (Å²) in [6, 6.07) is 0.399. The molecule has 94 valence electrons. The summed E-state index contributed by atoms with van der Waals surface area (Å²) in [6.45, 7) is 7.06. The lowest BCUT2D eigenvalue weighted by atomic mass is 9.76. The molecule has 16 heavy (non-hydrogen) atoms. The van der Waals surface area contributed by atoms with Gasteiger partial charge in [-0.05, 0) is 69.6 Å². The van der Waals surface area contributed by atoms with Crippen molar-refractivity contribution in [1.82, 2.24) is 10.6 Å². The zero-order valence-electron chi connectivity index (χ0n) is 10.5. The molecule has 2 heterocycles. The molecule has 2 aliphatic rings. The summed E-state index contributed by atoms with van der Waals surface area (Å²) >= 11 is 0. The van der Waals surface area contributed by atoms with Crippen molar-refractivity contribution >= 4 is 0 Å². The van der Waals surface area contributed by atoms with Gasteiger partial charge in [0.15, 0.2) is 0 Å². The molecule has 0 saturated carbocycles. The third-order valence-corrected chi connectivity index (χ3v) is 4.61. The second-order valence-electron chi connectivity index (χ2n) is 5.63. The molecule has 3 nitrogen and oxygen atoms in total. The van der Waals surface area contributed by atoms with Crippen LogP contribution in [0.25, 0.3) is 0 Å². The molecule has 0 spiro atoms. The van der Waals surface area contributed by atoms with E-state index in [1.807, 2.05) is 0 Å². The fourth-order valence-electron chi connectivity index (χ4n) is 3.32. The molecular formula is C13H27N3. The number of nitrogens with one attached hydrogen (secondary N) is 2. The summed E-state index contributed by atoms with van der Waals surface area (Å²) in [5.74, 6) is 2.24. The molecule has 2 rings (SSSR count). The van der Waals surface area contributed by atoms with E-state index in [1.165, 1.54) is 45.3 Å². The first kappa shape index (κ1) is 12.3. The molecule has 2 aliphatic heterocycles. The second kappa shape index (κ2) is 5.99. The van der Waals surface area contributed by atoms with E-state index in [9.17, 15) is 0 Å². The zero-order valence-corrected chi connectivity index (χ0v) is 10.5. The number of nitrogens with two attached hydrogens (primary N) is 1. The number of rotatable bonds is 3. The Morgan fingerprint density at radius 2 is 1.75 bits per heavy atom. The molecule has 0 amide bonds. The SMILES string of the molecule is CC(C1CCNCC1)C(N)C1CCCNC1. The Morgan fingerprint density at radius 1 is 1.00 bits per heavy atom. The summed E-state index contributed by atoms with van der Waals surface area (Å²) < 4.78 is 0. The predicted octanol–water partition coefficient (Wildman–Crippen LogP) is 0.949. The monoisotopic (exact) mass is 225 g/mol. The van der Waals surface area contributed by atoms with Crippen molar-refractivity contribution in [2.75, 3.05) is 26.2 Å². The van der Waals surface area contributed by atoms with Crippen LogP contribution in [0.3, 0.4) is 0 Å². The molecule has 4 N–H and O–H groups in total. The highest BCUT2D eigenvalue weighted by Gasteiger charge is 2.30. The highest BCUT2D eigenvalue weighted by molar-refractivity contribution is 4.86. The van der Waals surface area contributed by atoms with Gasteiger partial charge in [-0.3, -0.25) is 0 Å². The van der Waals surface area contributed by atoms with Crippen LogP contribution in [0.15, 0.2) is 0 Å². The van der Waals surface area contributed by atoms with Crippen molar-refractivity contribution in [2.45, 2.75) is 38.6 Å². The van der Waals surface area contributed by atoms with Gasteiger partial charge in [-0.1, -0.05) is 6.92 Å². The average Bonchev–Trinajstić information content (AvgIpc) is 2.39. The van der Waals surface area contributed by atoms with E-state index in [1.54, 1.807) is 0 Å². The number of hydrogen-bond donors (Lipinski definition) is 3. The fourth-order valence-corrected chi connectivity index (χ4v) is 3.32. The highest BCUT2D eigenvalue weighted by atomic mass is 14.9. The Kier molecular flexibility index (Phi) is 4.62. The molecule has 0 bridgehead atoms. The Labute approximate surface area is 99.5 Å². The third-order valence-electron chi connectivity index (χ3n) is 4.61. The minimum absolute atomic E-state index is 0.399. The van der Waals surface area contributed by atoms with Crippen LogP contribution in [0.4, 0.5) is 0 Å². The largest absolute Gasteiger partial charge is 0.327 e. The van der Waals surface area contributed by atoms with Gasteiger partial charge in [-0.15, -0.1) is 0 Å². The van der Waals surface area contributed by atoms with Gasteiger partial charge >= 0.3 is 0 Å². The summed E-state index contributed by atoms with van der Waals surface area (Å²) in [7, 11) is 0. The topological polar surface area (TPSA) is 50.1 Å². The van der Waals surface area contributed by atoms with E-state index < -0.39 is 0 Å². The maximum atomic E-state index is 6.46. The van der Waals surface area contributed by atoms with Crippen LogP contribution >= 0.6 is 0 Å². The van der Waals surface area contributed by atoms with Crippen molar-refractivity contribution in [3.63, 3.8) is 0 Å². The van der Waals surface area contributed by atoms with Gasteiger partial charge in [0.25, 0.3) is 0 Å². The molecule has 3 atom stereocenters. The Bertz CT molecular complexity index is 173. The molecule has 0 aliphatic carbocycles. The molecule has 2 saturated heterocycles. The predicted molar refractivity (Wildman–Crippen MR) is 68.3 cm³/mol. The third kappa shape index (κ3) is 2.96. The number of hydrogen-bond acceptors (Lipinski definition) is 3. The summed E-state index contributed by atoms with van der Waals surface area (Å²) in [4.78, 5) is 0. The van der Waals surface area contributed by atoms with E-state index >= 15 is 0 Å². The van der Waals surface area contributed by atoms with Crippen molar-refractivity contribution in [3.8, 4) is 0 Å². The maximum absolute atomic E-state index is 6.46. The summed E-state index contributed by atoms with van der Waals surface area (Å²) in [6.07, 6.45) is 5.25. The van der Waals surface area contributed by atoms with Gasteiger partial charge in [-0.2, -0.15) is 0 Å². The lowest BCUT2D eigenvalue weighted by Gasteiger charge is -2.37. The molecule has 3 heteroatoms. The molecular weight excluding hydrogens is 198 g/mol. The normalized spacial score (nSPS) is 32.2. The quantitative estimate of drug-likeness (QED) is 0.670. The van der Waals surface area contributed by atoms with Crippen LogP contribution in [-0.2, 0) is 0 Å². The van der Waals surface area contributed by atoms with Gasteiger partial charge in [0.2, 0.25) is 0 Å². The second-order valence-corrected chi connectivity index (χ2v) is 5.63. The van der Waals surface area contributed by atoms with E-state index in [0.717, 1.165) is 12.5 Å². The summed E-state index contributed by atoms with van der Waals surface area (Å²) in [5.41, 5.74) is 6.46. The molecule has 3 unspecified atom stereocenters. The van der Waals surface area contributed by atoms with Crippen LogP contribution < -0.4 is 16.4 Å². The lowest BCUT2D eigenvalue weighted by molar-refractivity contribution is 0.184. The van der Waals surface area contributed by atoms with E-state index in [0.29, 0.717) is 17.9 Å². The van der Waals surface area contributed by atoms with E-state index in [4.69, 9.17) is 5.73 Å². The molecule has 0 radical (unpaired) electrons. The van der Waals surface area contributed by atoms with Crippen molar-refractivity contribution in [1.29, 1.82) is 0 Å². The fraction of sp³-hybridized carbons (Fsp3) is 1.00. The lowest BCUT2D eigenvalue weighted by Crippen LogP contribution is -2.47. The van der Waals surface area contributed by atoms with E-state index in [-0.39, 0.29) is 0 Å².